The highest BCUT2D eigenvalue weighted by atomic mass is 16.5. The van der Waals surface area contributed by atoms with Gasteiger partial charge >= 0.3 is 0 Å². The third-order valence-corrected chi connectivity index (χ3v) is 6.59. The van der Waals surface area contributed by atoms with Crippen LogP contribution in [0.2, 0.25) is 0 Å². The molecule has 1 fully saturated rings. The maximum atomic E-state index is 13.2. The molecule has 1 aliphatic heterocycles. The summed E-state index contributed by atoms with van der Waals surface area (Å²) in [5.74, 6) is 1.56. The summed E-state index contributed by atoms with van der Waals surface area (Å²) < 4.78 is 17.1. The fraction of sp³-hybridized carbons (Fsp3) is 0.462. The Morgan fingerprint density at radius 2 is 1.73 bits per heavy atom. The Hall–Kier alpha value is -3.22. The molecule has 2 aliphatic rings. The lowest BCUT2D eigenvalue weighted by molar-refractivity contribution is -0.119. The maximum Gasteiger partial charge on any atom is 0.217 e. The number of amides is 1. The zero-order chi connectivity index (χ0) is 23.5. The van der Waals surface area contributed by atoms with Crippen LogP contribution in [-0.4, -0.2) is 40.3 Å². The number of rotatable bonds is 5. The van der Waals surface area contributed by atoms with Crippen LogP contribution >= 0.6 is 0 Å². The number of ether oxygens (including phenoxy) is 3. The van der Waals surface area contributed by atoms with Gasteiger partial charge in [0.2, 0.25) is 17.1 Å². The number of anilines is 1. The summed E-state index contributed by atoms with van der Waals surface area (Å²) in [5, 5.41) is 3.08. The quantitative estimate of drug-likeness (QED) is 0.743. The van der Waals surface area contributed by atoms with Crippen LogP contribution in [-0.2, 0) is 11.2 Å². The SMILES string of the molecule is COc1cc2c(c(OC)c1OC)-c1cc(N3CCCCC3)c(=O)ccc1[C@@H](NC(C)=O)CC2. The Morgan fingerprint density at radius 1 is 1.00 bits per heavy atom. The summed E-state index contributed by atoms with van der Waals surface area (Å²) in [5.41, 5.74) is 4.35. The van der Waals surface area contributed by atoms with Gasteiger partial charge in [-0.2, -0.15) is 0 Å². The van der Waals surface area contributed by atoms with Gasteiger partial charge in [-0.15, -0.1) is 0 Å². The minimum absolute atomic E-state index is 0.0208. The van der Waals surface area contributed by atoms with Crippen molar-refractivity contribution >= 4 is 11.6 Å². The molecule has 0 radical (unpaired) electrons. The van der Waals surface area contributed by atoms with E-state index in [0.717, 1.165) is 48.2 Å². The predicted molar refractivity (Wildman–Crippen MR) is 129 cm³/mol. The number of aryl methyl sites for hydroxylation is 1. The smallest absolute Gasteiger partial charge is 0.217 e. The molecule has 0 bridgehead atoms. The molecule has 0 unspecified atom stereocenters. The van der Waals surface area contributed by atoms with E-state index in [1.165, 1.54) is 13.3 Å². The van der Waals surface area contributed by atoms with Crippen LogP contribution in [0.5, 0.6) is 17.2 Å². The summed E-state index contributed by atoms with van der Waals surface area (Å²) in [7, 11) is 4.80. The molecule has 0 aromatic heterocycles. The number of fused-ring (bicyclic) bond motifs is 3. The molecule has 4 rings (SSSR count). The molecule has 7 heteroatoms. The Kier molecular flexibility index (Phi) is 6.77. The maximum absolute atomic E-state index is 13.2. The number of piperidine rings is 1. The van der Waals surface area contributed by atoms with E-state index in [0.29, 0.717) is 35.8 Å². The molecule has 1 amide bonds. The van der Waals surface area contributed by atoms with Gasteiger partial charge in [-0.05, 0) is 67.0 Å². The number of nitrogens with zero attached hydrogens (tertiary/aromatic N) is 1. The normalized spacial score (nSPS) is 17.3. The standard InChI is InChI=1S/C26H32N2O5/c1-16(29)27-20-10-8-17-14-23(31-2)25(32-3)26(33-4)24(17)19-15-21(22(30)11-9-18(19)20)28-12-6-5-7-13-28/h9,11,14-15,20H,5-8,10,12-13H2,1-4H3,(H,27,29)/t20-/m0/s1. The third-order valence-electron chi connectivity index (χ3n) is 6.59. The number of hydrogen-bond acceptors (Lipinski definition) is 6. The third kappa shape index (κ3) is 4.36. The summed E-state index contributed by atoms with van der Waals surface area (Å²) in [6.07, 6.45) is 4.72. The van der Waals surface area contributed by atoms with Crippen molar-refractivity contribution in [2.24, 2.45) is 0 Å². The first-order chi connectivity index (χ1) is 16.0. The van der Waals surface area contributed by atoms with Crippen molar-refractivity contribution in [3.8, 4) is 28.4 Å². The summed E-state index contributed by atoms with van der Waals surface area (Å²) >= 11 is 0. The number of nitrogens with one attached hydrogen (secondary N) is 1. The van der Waals surface area contributed by atoms with Gasteiger partial charge in [0.05, 0.1) is 33.1 Å². The van der Waals surface area contributed by atoms with Gasteiger partial charge in [0.15, 0.2) is 11.5 Å². The summed E-state index contributed by atoms with van der Waals surface area (Å²) in [4.78, 5) is 27.4. The minimum Gasteiger partial charge on any atom is -0.493 e. The van der Waals surface area contributed by atoms with Gasteiger partial charge in [0.25, 0.3) is 0 Å². The lowest BCUT2D eigenvalue weighted by atomic mass is 9.95. The number of benzene rings is 1. The average molecular weight is 453 g/mol. The first kappa shape index (κ1) is 23.0. The van der Waals surface area contributed by atoms with E-state index in [9.17, 15) is 9.59 Å². The van der Waals surface area contributed by atoms with Crippen LogP contribution in [0.25, 0.3) is 11.1 Å². The van der Waals surface area contributed by atoms with Crippen LogP contribution in [0.4, 0.5) is 5.69 Å². The average Bonchev–Trinajstić information content (AvgIpc) is 3.07. The van der Waals surface area contributed by atoms with Crippen LogP contribution in [0, 0.1) is 0 Å². The van der Waals surface area contributed by atoms with Gasteiger partial charge in [-0.3, -0.25) is 9.59 Å². The second-order valence-electron chi connectivity index (χ2n) is 8.62. The van der Waals surface area contributed by atoms with E-state index < -0.39 is 0 Å². The fourth-order valence-corrected chi connectivity index (χ4v) is 5.08. The zero-order valence-corrected chi connectivity index (χ0v) is 19.8. The van der Waals surface area contributed by atoms with Gasteiger partial charge in [-0.25, -0.2) is 0 Å². The molecule has 176 valence electrons. The van der Waals surface area contributed by atoms with Crippen LogP contribution in [0.15, 0.2) is 29.1 Å². The molecule has 1 saturated heterocycles. The number of carbonyl (C=O) groups is 1. The lowest BCUT2D eigenvalue weighted by Gasteiger charge is -2.28. The van der Waals surface area contributed by atoms with Crippen molar-refractivity contribution < 1.29 is 19.0 Å². The van der Waals surface area contributed by atoms with Crippen molar-refractivity contribution in [2.45, 2.75) is 45.1 Å². The molecular formula is C26H32N2O5. The summed E-state index contributed by atoms with van der Waals surface area (Å²) in [6, 6.07) is 7.22. The van der Waals surface area contributed by atoms with E-state index in [1.54, 1.807) is 27.4 Å². The highest BCUT2D eigenvalue weighted by molar-refractivity contribution is 5.84. The summed E-state index contributed by atoms with van der Waals surface area (Å²) in [6.45, 7) is 3.24. The number of methoxy groups -OCH3 is 3. The van der Waals surface area contributed by atoms with Crippen molar-refractivity contribution in [1.82, 2.24) is 5.32 Å². The second-order valence-corrected chi connectivity index (χ2v) is 8.62. The highest BCUT2D eigenvalue weighted by Crippen LogP contribution is 2.50. The van der Waals surface area contributed by atoms with Gasteiger partial charge < -0.3 is 24.4 Å². The van der Waals surface area contributed by atoms with E-state index in [1.807, 2.05) is 18.2 Å². The molecular weight excluding hydrogens is 420 g/mol. The van der Waals surface area contributed by atoms with Crippen molar-refractivity contribution in [3.05, 3.63) is 45.6 Å². The largest absolute Gasteiger partial charge is 0.493 e. The Balaban J connectivity index is 2.04. The van der Waals surface area contributed by atoms with E-state index >= 15 is 0 Å². The first-order valence-electron chi connectivity index (χ1n) is 11.5. The van der Waals surface area contributed by atoms with Crippen LogP contribution in [0.3, 0.4) is 0 Å². The molecule has 1 aliphatic carbocycles. The molecule has 1 heterocycles. The van der Waals surface area contributed by atoms with E-state index in [2.05, 4.69) is 10.2 Å². The molecule has 0 saturated carbocycles. The Labute approximate surface area is 194 Å². The van der Waals surface area contributed by atoms with Gasteiger partial charge in [0.1, 0.15) is 0 Å². The van der Waals surface area contributed by atoms with Crippen LogP contribution < -0.4 is 29.9 Å². The Morgan fingerprint density at radius 3 is 2.36 bits per heavy atom. The van der Waals surface area contributed by atoms with E-state index in [4.69, 9.17) is 14.2 Å². The van der Waals surface area contributed by atoms with Gasteiger partial charge in [0, 0.05) is 25.6 Å². The molecule has 33 heavy (non-hydrogen) atoms. The second kappa shape index (κ2) is 9.73. The van der Waals surface area contributed by atoms with Crippen molar-refractivity contribution in [3.63, 3.8) is 0 Å². The van der Waals surface area contributed by atoms with Crippen molar-refractivity contribution in [2.75, 3.05) is 39.3 Å². The highest BCUT2D eigenvalue weighted by Gasteiger charge is 2.30. The molecule has 1 atom stereocenters. The van der Waals surface area contributed by atoms with Crippen LogP contribution in [0.1, 0.15) is 49.8 Å². The molecule has 2 aromatic carbocycles. The number of hydrogen-bond donors (Lipinski definition) is 1. The first-order valence-corrected chi connectivity index (χ1v) is 11.5. The molecule has 2 aromatic rings. The minimum atomic E-state index is -0.229. The van der Waals surface area contributed by atoms with Crippen molar-refractivity contribution in [1.29, 1.82) is 0 Å². The predicted octanol–water partition coefficient (Wildman–Crippen LogP) is 3.85. The fourth-order valence-electron chi connectivity index (χ4n) is 5.08. The molecule has 7 nitrogen and oxygen atoms in total. The topological polar surface area (TPSA) is 77.1 Å². The van der Waals surface area contributed by atoms with E-state index in [-0.39, 0.29) is 17.4 Å². The van der Waals surface area contributed by atoms with Gasteiger partial charge in [-0.1, -0.05) is 6.07 Å². The monoisotopic (exact) mass is 452 g/mol. The number of carbonyl (C=O) groups excluding carboxylic acids is 1. The zero-order valence-electron chi connectivity index (χ0n) is 19.8. The molecule has 0 spiro atoms. The molecule has 1 N–H and O–H groups in total. The Bertz CT molecular complexity index is 1110. The lowest BCUT2D eigenvalue weighted by Crippen LogP contribution is -2.32.